The number of aromatic nitrogens is 4. The van der Waals surface area contributed by atoms with Crippen LogP contribution in [0.15, 0.2) is 182 Å². The van der Waals surface area contributed by atoms with Crippen molar-refractivity contribution >= 4 is 32.6 Å². The monoisotopic (exact) mass is 760 g/mol. The topological polar surface area (TPSA) is 43.6 Å². The Hall–Kier alpha value is -7.17. The molecule has 59 heavy (non-hydrogen) atoms. The molecule has 1 aliphatic carbocycles. The Labute approximate surface area is 345 Å². The van der Waals surface area contributed by atoms with Crippen LogP contribution in [0.25, 0.3) is 94.7 Å². The fraction of sp³-hybridized carbons (Fsp3) is 0.109. The summed E-state index contributed by atoms with van der Waals surface area (Å²) < 4.78 is 2.27. The van der Waals surface area contributed by atoms with Crippen molar-refractivity contribution in [2.75, 3.05) is 0 Å². The largest absolute Gasteiger partial charge is 0.277 e. The van der Waals surface area contributed by atoms with Gasteiger partial charge in [-0.1, -0.05) is 198 Å². The molecule has 0 atom stereocenters. The first-order chi connectivity index (χ1) is 28.9. The van der Waals surface area contributed by atoms with Crippen LogP contribution in [-0.4, -0.2) is 19.5 Å². The Morgan fingerprint density at radius 3 is 1.66 bits per heavy atom. The van der Waals surface area contributed by atoms with Gasteiger partial charge in [-0.25, -0.2) is 4.98 Å². The molecule has 0 bridgehead atoms. The molecule has 2 aromatic heterocycles. The predicted molar refractivity (Wildman–Crippen MR) is 247 cm³/mol. The summed E-state index contributed by atoms with van der Waals surface area (Å²) in [6, 6.07) is 64.9. The SMILES string of the molecule is CC1(C)c2ccccc2-c2cc(-c3cccc4c5cc6ccccc6cc5n(-c5nc(-c6ccccc6)nc(-c6ccc(-c7ccccc7)cc6)n5)c34)ccc21.CCC. The van der Waals surface area contributed by atoms with E-state index in [0.29, 0.717) is 17.6 Å². The summed E-state index contributed by atoms with van der Waals surface area (Å²) in [5, 5.41) is 4.67. The van der Waals surface area contributed by atoms with Gasteiger partial charge in [0.05, 0.1) is 11.0 Å². The summed E-state index contributed by atoms with van der Waals surface area (Å²) in [4.78, 5) is 15.8. The summed E-state index contributed by atoms with van der Waals surface area (Å²) in [7, 11) is 0. The van der Waals surface area contributed by atoms with Crippen molar-refractivity contribution in [2.45, 2.75) is 39.5 Å². The van der Waals surface area contributed by atoms with Crippen LogP contribution in [0.4, 0.5) is 0 Å². The number of hydrogen-bond acceptors (Lipinski definition) is 3. The molecule has 1 aliphatic rings. The number of rotatable bonds is 5. The highest BCUT2D eigenvalue weighted by Gasteiger charge is 2.35. The van der Waals surface area contributed by atoms with Crippen LogP contribution in [-0.2, 0) is 5.41 Å². The van der Waals surface area contributed by atoms with E-state index in [1.165, 1.54) is 39.6 Å². The van der Waals surface area contributed by atoms with Gasteiger partial charge in [-0.05, 0) is 67.9 Å². The first-order valence-electron chi connectivity index (χ1n) is 20.6. The van der Waals surface area contributed by atoms with Crippen molar-refractivity contribution < 1.29 is 0 Å². The Morgan fingerprint density at radius 2 is 0.949 bits per heavy atom. The molecule has 4 nitrogen and oxygen atoms in total. The van der Waals surface area contributed by atoms with Crippen LogP contribution in [0.1, 0.15) is 45.2 Å². The lowest BCUT2D eigenvalue weighted by Crippen LogP contribution is -2.14. The molecule has 2 heterocycles. The van der Waals surface area contributed by atoms with Crippen molar-refractivity contribution in [2.24, 2.45) is 0 Å². The van der Waals surface area contributed by atoms with Gasteiger partial charge in [-0.3, -0.25) is 4.57 Å². The van der Waals surface area contributed by atoms with Crippen LogP contribution < -0.4 is 0 Å². The van der Waals surface area contributed by atoms with Gasteiger partial charge in [0, 0.05) is 32.9 Å². The number of hydrogen-bond donors (Lipinski definition) is 0. The smallest absolute Gasteiger partial charge is 0.238 e. The Balaban J connectivity index is 0.00000136. The van der Waals surface area contributed by atoms with E-state index in [1.54, 1.807) is 0 Å². The quantitative estimate of drug-likeness (QED) is 0.175. The maximum Gasteiger partial charge on any atom is 0.238 e. The molecule has 0 radical (unpaired) electrons. The third-order valence-corrected chi connectivity index (χ3v) is 11.7. The standard InChI is InChI=1S/C52H36N4.C3H8/c1-52(2)45-23-12-11-20-41(45)43-31-39(28-29-46(43)52)40-21-13-22-42-44-30-37-18-9-10-19-38(37)32-47(44)56(48(40)42)51-54-49(35-16-7-4-8-17-35)53-50(55-51)36-26-24-34(25-27-36)33-14-5-3-6-15-33;1-3-2/h3-32H,1-2H3;3H2,1-2H3. The summed E-state index contributed by atoms with van der Waals surface area (Å²) in [6.45, 7) is 8.91. The lowest BCUT2D eigenvalue weighted by atomic mass is 9.82. The lowest BCUT2D eigenvalue weighted by Gasteiger charge is -2.21. The number of fused-ring (bicyclic) bond motifs is 7. The molecule has 0 saturated heterocycles. The first kappa shape index (κ1) is 36.2. The van der Waals surface area contributed by atoms with Crippen LogP contribution in [0.2, 0.25) is 0 Å². The molecular weight excluding hydrogens is 717 g/mol. The second-order valence-electron chi connectivity index (χ2n) is 16.0. The molecule has 0 saturated carbocycles. The maximum absolute atomic E-state index is 5.34. The molecule has 284 valence electrons. The van der Waals surface area contributed by atoms with E-state index in [2.05, 4.69) is 190 Å². The number of benzene rings is 8. The molecule has 0 unspecified atom stereocenters. The average Bonchev–Trinajstić information content (AvgIpc) is 3.73. The molecule has 11 rings (SSSR count). The second kappa shape index (κ2) is 14.6. The molecule has 0 spiro atoms. The maximum atomic E-state index is 5.34. The van der Waals surface area contributed by atoms with E-state index in [-0.39, 0.29) is 5.41 Å². The van der Waals surface area contributed by atoms with E-state index < -0.39 is 0 Å². The highest BCUT2D eigenvalue weighted by atomic mass is 15.2. The minimum Gasteiger partial charge on any atom is -0.277 e. The summed E-state index contributed by atoms with van der Waals surface area (Å²) in [5.74, 6) is 1.83. The molecule has 8 aromatic carbocycles. The number of para-hydroxylation sites is 1. The molecule has 0 fully saturated rings. The van der Waals surface area contributed by atoms with Crippen LogP contribution in [0, 0.1) is 0 Å². The van der Waals surface area contributed by atoms with Crippen molar-refractivity contribution in [3.8, 4) is 62.1 Å². The van der Waals surface area contributed by atoms with Crippen molar-refractivity contribution in [1.29, 1.82) is 0 Å². The van der Waals surface area contributed by atoms with E-state index in [9.17, 15) is 0 Å². The Bertz CT molecular complexity index is 3160. The lowest BCUT2D eigenvalue weighted by molar-refractivity contribution is 0.660. The van der Waals surface area contributed by atoms with Gasteiger partial charge in [0.15, 0.2) is 11.6 Å². The van der Waals surface area contributed by atoms with Gasteiger partial charge in [0.25, 0.3) is 0 Å². The minimum atomic E-state index is -0.0696. The van der Waals surface area contributed by atoms with Gasteiger partial charge in [-0.2, -0.15) is 9.97 Å². The molecule has 0 aliphatic heterocycles. The van der Waals surface area contributed by atoms with Crippen molar-refractivity contribution in [3.63, 3.8) is 0 Å². The van der Waals surface area contributed by atoms with Crippen LogP contribution >= 0.6 is 0 Å². The highest BCUT2D eigenvalue weighted by molar-refractivity contribution is 6.17. The molecule has 4 heteroatoms. The van der Waals surface area contributed by atoms with Gasteiger partial charge in [0.2, 0.25) is 5.95 Å². The Morgan fingerprint density at radius 1 is 0.424 bits per heavy atom. The zero-order valence-corrected chi connectivity index (χ0v) is 33.8. The highest BCUT2D eigenvalue weighted by Crippen LogP contribution is 2.50. The molecule has 0 N–H and O–H groups in total. The van der Waals surface area contributed by atoms with Crippen LogP contribution in [0.5, 0.6) is 0 Å². The Kier molecular flexibility index (Phi) is 8.98. The van der Waals surface area contributed by atoms with Gasteiger partial charge >= 0.3 is 0 Å². The fourth-order valence-electron chi connectivity index (χ4n) is 8.83. The van der Waals surface area contributed by atoms with E-state index in [0.717, 1.165) is 55.0 Å². The fourth-order valence-corrected chi connectivity index (χ4v) is 8.83. The number of nitrogens with zero attached hydrogens (tertiary/aromatic N) is 4. The zero-order chi connectivity index (χ0) is 40.1. The van der Waals surface area contributed by atoms with E-state index in [4.69, 9.17) is 15.0 Å². The third kappa shape index (κ3) is 6.20. The van der Waals surface area contributed by atoms with E-state index in [1.807, 2.05) is 24.3 Å². The van der Waals surface area contributed by atoms with Gasteiger partial charge < -0.3 is 0 Å². The molecular formula is C55H44N4. The summed E-state index contributed by atoms with van der Waals surface area (Å²) in [5.41, 5.74) is 13.8. The normalized spacial score (nSPS) is 12.6. The predicted octanol–water partition coefficient (Wildman–Crippen LogP) is 14.5. The minimum absolute atomic E-state index is 0.0696. The second-order valence-corrected chi connectivity index (χ2v) is 16.0. The van der Waals surface area contributed by atoms with Crippen molar-refractivity contribution in [1.82, 2.24) is 19.5 Å². The summed E-state index contributed by atoms with van der Waals surface area (Å²) in [6.07, 6.45) is 1.25. The van der Waals surface area contributed by atoms with E-state index >= 15 is 0 Å². The average molecular weight is 761 g/mol. The first-order valence-corrected chi connectivity index (χ1v) is 20.6. The summed E-state index contributed by atoms with van der Waals surface area (Å²) >= 11 is 0. The van der Waals surface area contributed by atoms with Crippen molar-refractivity contribution in [3.05, 3.63) is 193 Å². The molecule has 10 aromatic rings. The zero-order valence-electron chi connectivity index (χ0n) is 33.8. The molecule has 0 amide bonds. The third-order valence-electron chi connectivity index (χ3n) is 11.7. The van der Waals surface area contributed by atoms with Crippen LogP contribution in [0.3, 0.4) is 0 Å². The van der Waals surface area contributed by atoms with Gasteiger partial charge in [0.1, 0.15) is 0 Å². The van der Waals surface area contributed by atoms with Gasteiger partial charge in [-0.15, -0.1) is 0 Å².